The van der Waals surface area contributed by atoms with E-state index in [0.717, 1.165) is 19.5 Å². The number of amides is 1. The fourth-order valence-corrected chi connectivity index (χ4v) is 3.71. The van der Waals surface area contributed by atoms with Gasteiger partial charge in [-0.05, 0) is 32.0 Å². The van der Waals surface area contributed by atoms with Crippen molar-refractivity contribution in [2.45, 2.75) is 32.4 Å². The van der Waals surface area contributed by atoms with Gasteiger partial charge in [0.05, 0.1) is 17.1 Å². The molecule has 0 aliphatic carbocycles. The molecule has 26 heavy (non-hydrogen) atoms. The quantitative estimate of drug-likeness (QED) is 0.727. The number of nitrogens with one attached hydrogen (secondary N) is 1. The molecule has 8 heteroatoms. The number of hydrogen-bond acceptors (Lipinski definition) is 5. The average Bonchev–Trinajstić information content (AvgIpc) is 3.30. The van der Waals surface area contributed by atoms with Gasteiger partial charge >= 0.3 is 0 Å². The number of hydrogen-bond donors (Lipinski definition) is 1. The normalized spacial score (nSPS) is 18.0. The van der Waals surface area contributed by atoms with Gasteiger partial charge in [-0.2, -0.15) is 5.10 Å². The fraction of sp³-hybridized carbons (Fsp3) is 0.444. The highest BCUT2D eigenvalue weighted by Crippen LogP contribution is 2.15. The summed E-state index contributed by atoms with van der Waals surface area (Å²) in [7, 11) is 0. The van der Waals surface area contributed by atoms with Crippen molar-refractivity contribution >= 4 is 22.5 Å². The summed E-state index contributed by atoms with van der Waals surface area (Å²) >= 11 is 0. The Morgan fingerprint density at radius 1 is 1.38 bits per heavy atom. The van der Waals surface area contributed by atoms with E-state index in [1.54, 1.807) is 35.2 Å². The van der Waals surface area contributed by atoms with E-state index in [9.17, 15) is 9.59 Å². The van der Waals surface area contributed by atoms with E-state index >= 15 is 0 Å². The number of rotatable bonds is 5. The van der Waals surface area contributed by atoms with Crippen molar-refractivity contribution in [1.82, 2.24) is 29.4 Å². The van der Waals surface area contributed by atoms with Crippen molar-refractivity contribution in [3.63, 3.8) is 0 Å². The molecule has 1 saturated heterocycles. The number of nitrogens with zero attached hydrogens (tertiary/aromatic N) is 5. The van der Waals surface area contributed by atoms with Crippen molar-refractivity contribution in [3.8, 4) is 0 Å². The lowest BCUT2D eigenvalue weighted by Gasteiger charge is -2.22. The molecule has 3 aromatic heterocycles. The molecule has 0 aromatic carbocycles. The SMILES string of the molecule is CCN1CCCC1CNC(=O)Cn1ccc2c(cnc3ccnn32)c1=O. The van der Waals surface area contributed by atoms with Crippen LogP contribution in [0.25, 0.3) is 16.6 Å². The number of carbonyl (C=O) groups is 1. The summed E-state index contributed by atoms with van der Waals surface area (Å²) in [6.45, 7) is 4.87. The van der Waals surface area contributed by atoms with Crippen LogP contribution in [0.15, 0.2) is 35.5 Å². The summed E-state index contributed by atoms with van der Waals surface area (Å²) in [6, 6.07) is 3.97. The molecule has 1 atom stereocenters. The summed E-state index contributed by atoms with van der Waals surface area (Å²) < 4.78 is 3.04. The lowest BCUT2D eigenvalue weighted by molar-refractivity contribution is -0.121. The maximum atomic E-state index is 12.7. The first kappa shape index (κ1) is 16.7. The number of likely N-dealkylation sites (N-methyl/N-ethyl adjacent to an activating group) is 1. The van der Waals surface area contributed by atoms with Crippen LogP contribution in [-0.2, 0) is 11.3 Å². The smallest absolute Gasteiger partial charge is 0.262 e. The Bertz CT molecular complexity index is 1010. The number of aromatic nitrogens is 4. The molecule has 4 rings (SSSR count). The van der Waals surface area contributed by atoms with Crippen LogP contribution in [-0.4, -0.2) is 55.6 Å². The number of pyridine rings is 1. The van der Waals surface area contributed by atoms with Crippen LogP contribution in [0.1, 0.15) is 19.8 Å². The highest BCUT2D eigenvalue weighted by Gasteiger charge is 2.23. The van der Waals surface area contributed by atoms with Gasteiger partial charge in [0, 0.05) is 31.0 Å². The van der Waals surface area contributed by atoms with Crippen LogP contribution >= 0.6 is 0 Å². The minimum absolute atomic E-state index is 0.00472. The van der Waals surface area contributed by atoms with Crippen LogP contribution in [0.4, 0.5) is 0 Å². The molecule has 8 nitrogen and oxygen atoms in total. The van der Waals surface area contributed by atoms with Gasteiger partial charge in [-0.1, -0.05) is 6.92 Å². The molecule has 0 bridgehead atoms. The minimum atomic E-state index is -0.237. The average molecular weight is 354 g/mol. The largest absolute Gasteiger partial charge is 0.353 e. The molecule has 4 heterocycles. The van der Waals surface area contributed by atoms with E-state index in [2.05, 4.69) is 27.2 Å². The Morgan fingerprint density at radius 2 is 2.27 bits per heavy atom. The van der Waals surface area contributed by atoms with Gasteiger partial charge in [0.1, 0.15) is 6.54 Å². The van der Waals surface area contributed by atoms with Crippen LogP contribution in [0.2, 0.25) is 0 Å². The van der Waals surface area contributed by atoms with E-state index in [4.69, 9.17) is 0 Å². The molecular weight excluding hydrogens is 332 g/mol. The van der Waals surface area contributed by atoms with Gasteiger partial charge in [-0.25, -0.2) is 9.50 Å². The predicted molar refractivity (Wildman–Crippen MR) is 98.0 cm³/mol. The first-order valence-corrected chi connectivity index (χ1v) is 9.00. The van der Waals surface area contributed by atoms with Gasteiger partial charge in [0.25, 0.3) is 5.56 Å². The standard InChI is InChI=1S/C18H22N6O2/c1-2-22-8-3-4-13(22)10-20-17(25)12-23-9-6-15-14(18(23)26)11-19-16-5-7-21-24(15)16/h5-7,9,11,13H,2-4,8,10,12H2,1H3,(H,20,25). The molecule has 0 saturated carbocycles. The molecular formula is C18H22N6O2. The van der Waals surface area contributed by atoms with E-state index in [1.807, 2.05) is 0 Å². The zero-order valence-electron chi connectivity index (χ0n) is 14.8. The maximum absolute atomic E-state index is 12.7. The van der Waals surface area contributed by atoms with Crippen molar-refractivity contribution < 1.29 is 4.79 Å². The molecule has 0 spiro atoms. The van der Waals surface area contributed by atoms with Crippen LogP contribution in [0.5, 0.6) is 0 Å². The van der Waals surface area contributed by atoms with Crippen LogP contribution in [0, 0.1) is 0 Å². The molecule has 0 radical (unpaired) electrons. The zero-order valence-corrected chi connectivity index (χ0v) is 14.8. The predicted octanol–water partition coefficient (Wildman–Crippen LogP) is 0.645. The number of likely N-dealkylation sites (tertiary alicyclic amines) is 1. The Kier molecular flexibility index (Phi) is 4.42. The summed E-state index contributed by atoms with van der Waals surface area (Å²) in [5.74, 6) is -0.150. The first-order valence-electron chi connectivity index (χ1n) is 9.00. The summed E-state index contributed by atoms with van der Waals surface area (Å²) in [6.07, 6.45) is 7.10. The second-order valence-electron chi connectivity index (χ2n) is 6.64. The molecule has 1 fully saturated rings. The first-order chi connectivity index (χ1) is 12.7. The molecule has 1 N–H and O–H groups in total. The Labute approximate surface area is 150 Å². The Hall–Kier alpha value is -2.74. The van der Waals surface area contributed by atoms with E-state index in [-0.39, 0.29) is 18.0 Å². The topological polar surface area (TPSA) is 84.5 Å². The molecule has 3 aromatic rings. The third-order valence-corrected chi connectivity index (χ3v) is 5.11. The van der Waals surface area contributed by atoms with Crippen molar-refractivity contribution in [3.05, 3.63) is 41.1 Å². The summed E-state index contributed by atoms with van der Waals surface area (Å²) in [4.78, 5) is 31.6. The maximum Gasteiger partial charge on any atom is 0.262 e. The fourth-order valence-electron chi connectivity index (χ4n) is 3.71. The van der Waals surface area contributed by atoms with E-state index in [1.165, 1.54) is 11.0 Å². The summed E-state index contributed by atoms with van der Waals surface area (Å²) in [5.41, 5.74) is 1.13. The summed E-state index contributed by atoms with van der Waals surface area (Å²) in [5, 5.41) is 7.60. The van der Waals surface area contributed by atoms with Gasteiger partial charge in [-0.15, -0.1) is 0 Å². The van der Waals surface area contributed by atoms with E-state index in [0.29, 0.717) is 29.1 Å². The highest BCUT2D eigenvalue weighted by molar-refractivity contribution is 5.80. The molecule has 1 aliphatic rings. The number of carbonyl (C=O) groups excluding carboxylic acids is 1. The third kappa shape index (κ3) is 2.96. The lowest BCUT2D eigenvalue weighted by Crippen LogP contribution is -2.41. The van der Waals surface area contributed by atoms with Crippen molar-refractivity contribution in [2.75, 3.05) is 19.6 Å². The second kappa shape index (κ2) is 6.87. The van der Waals surface area contributed by atoms with Crippen LogP contribution in [0.3, 0.4) is 0 Å². The zero-order chi connectivity index (χ0) is 18.1. The van der Waals surface area contributed by atoms with Gasteiger partial charge in [-0.3, -0.25) is 14.5 Å². The molecule has 1 aliphatic heterocycles. The second-order valence-corrected chi connectivity index (χ2v) is 6.64. The van der Waals surface area contributed by atoms with Crippen molar-refractivity contribution in [1.29, 1.82) is 0 Å². The number of fused-ring (bicyclic) bond motifs is 3. The molecule has 1 amide bonds. The van der Waals surface area contributed by atoms with E-state index < -0.39 is 0 Å². The third-order valence-electron chi connectivity index (χ3n) is 5.11. The highest BCUT2D eigenvalue weighted by atomic mass is 16.2. The van der Waals surface area contributed by atoms with Crippen LogP contribution < -0.4 is 10.9 Å². The monoisotopic (exact) mass is 354 g/mol. The molecule has 1 unspecified atom stereocenters. The van der Waals surface area contributed by atoms with Gasteiger partial charge in [0.2, 0.25) is 5.91 Å². The Balaban J connectivity index is 1.50. The van der Waals surface area contributed by atoms with Gasteiger partial charge < -0.3 is 9.88 Å². The minimum Gasteiger partial charge on any atom is -0.353 e. The molecule has 136 valence electrons. The van der Waals surface area contributed by atoms with Crippen molar-refractivity contribution in [2.24, 2.45) is 0 Å². The lowest BCUT2D eigenvalue weighted by atomic mass is 10.2. The Morgan fingerprint density at radius 3 is 3.12 bits per heavy atom. The van der Waals surface area contributed by atoms with Gasteiger partial charge in [0.15, 0.2) is 5.65 Å².